The molecule has 2 aromatic rings. The third kappa shape index (κ3) is 2.74. The highest BCUT2D eigenvalue weighted by atomic mass is 19.1. The molecule has 0 radical (unpaired) electrons. The predicted molar refractivity (Wildman–Crippen MR) is 72.8 cm³/mol. The molecule has 0 saturated carbocycles. The molecule has 1 atom stereocenters. The maximum absolute atomic E-state index is 13.6. The smallest absolute Gasteiger partial charge is 0.322 e. The zero-order valence-electron chi connectivity index (χ0n) is 11.2. The Morgan fingerprint density at radius 2 is 2.19 bits per heavy atom. The van der Waals surface area contributed by atoms with E-state index in [1.165, 1.54) is 6.07 Å². The van der Waals surface area contributed by atoms with Gasteiger partial charge in [-0.15, -0.1) is 0 Å². The molecule has 1 fully saturated rings. The SMILES string of the molecule is O=C(Nc1ccc(F)cc1F)N1CCCC1c1ccco1. The van der Waals surface area contributed by atoms with E-state index in [1.807, 2.05) is 6.07 Å². The average Bonchev–Trinajstić information content (AvgIpc) is 3.10. The van der Waals surface area contributed by atoms with Crippen molar-refractivity contribution in [3.8, 4) is 0 Å². The molecule has 1 unspecified atom stereocenters. The summed E-state index contributed by atoms with van der Waals surface area (Å²) < 4.78 is 31.8. The van der Waals surface area contributed by atoms with E-state index in [2.05, 4.69) is 5.32 Å². The van der Waals surface area contributed by atoms with Crippen LogP contribution in [0, 0.1) is 11.6 Å². The molecule has 6 heteroatoms. The first-order valence-electron chi connectivity index (χ1n) is 6.71. The minimum absolute atomic E-state index is 0.0357. The number of nitrogens with one attached hydrogen (secondary N) is 1. The van der Waals surface area contributed by atoms with Gasteiger partial charge in [-0.2, -0.15) is 0 Å². The van der Waals surface area contributed by atoms with Crippen LogP contribution in [-0.4, -0.2) is 17.5 Å². The molecule has 21 heavy (non-hydrogen) atoms. The second-order valence-electron chi connectivity index (χ2n) is 4.92. The average molecular weight is 292 g/mol. The summed E-state index contributed by atoms with van der Waals surface area (Å²) in [6.07, 6.45) is 3.21. The van der Waals surface area contributed by atoms with Gasteiger partial charge in [0.15, 0.2) is 0 Å². The second-order valence-corrected chi connectivity index (χ2v) is 4.92. The molecule has 0 spiro atoms. The molecule has 3 rings (SSSR count). The number of carbonyl (C=O) groups is 1. The lowest BCUT2D eigenvalue weighted by Crippen LogP contribution is -2.34. The molecule has 1 aromatic carbocycles. The molecular weight excluding hydrogens is 278 g/mol. The fraction of sp³-hybridized carbons (Fsp3) is 0.267. The quantitative estimate of drug-likeness (QED) is 0.911. The first-order chi connectivity index (χ1) is 10.1. The Morgan fingerprint density at radius 3 is 2.90 bits per heavy atom. The number of nitrogens with zero attached hydrogens (tertiary/aromatic N) is 1. The highest BCUT2D eigenvalue weighted by Crippen LogP contribution is 2.32. The lowest BCUT2D eigenvalue weighted by molar-refractivity contribution is 0.199. The van der Waals surface area contributed by atoms with E-state index in [9.17, 15) is 13.6 Å². The molecule has 0 aliphatic carbocycles. The lowest BCUT2D eigenvalue weighted by atomic mass is 10.2. The Kier molecular flexibility index (Phi) is 3.60. The van der Waals surface area contributed by atoms with Crippen LogP contribution in [0.2, 0.25) is 0 Å². The molecular formula is C15H14F2N2O2. The first-order valence-corrected chi connectivity index (χ1v) is 6.71. The number of urea groups is 1. The van der Waals surface area contributed by atoms with E-state index < -0.39 is 17.7 Å². The minimum atomic E-state index is -0.794. The summed E-state index contributed by atoms with van der Waals surface area (Å²) >= 11 is 0. The van der Waals surface area contributed by atoms with Crippen LogP contribution < -0.4 is 5.32 Å². The van der Waals surface area contributed by atoms with Crippen molar-refractivity contribution in [2.75, 3.05) is 11.9 Å². The van der Waals surface area contributed by atoms with Crippen molar-refractivity contribution in [3.63, 3.8) is 0 Å². The zero-order chi connectivity index (χ0) is 14.8. The zero-order valence-corrected chi connectivity index (χ0v) is 11.2. The number of rotatable bonds is 2. The molecule has 4 nitrogen and oxygen atoms in total. The Morgan fingerprint density at radius 1 is 1.33 bits per heavy atom. The van der Waals surface area contributed by atoms with Gasteiger partial charge in [-0.05, 0) is 37.1 Å². The minimum Gasteiger partial charge on any atom is -0.467 e. The van der Waals surface area contributed by atoms with Gasteiger partial charge in [0, 0.05) is 12.6 Å². The topological polar surface area (TPSA) is 45.5 Å². The number of hydrogen-bond acceptors (Lipinski definition) is 2. The number of benzene rings is 1. The summed E-state index contributed by atoms with van der Waals surface area (Å²) in [7, 11) is 0. The van der Waals surface area contributed by atoms with Gasteiger partial charge in [-0.25, -0.2) is 13.6 Å². The van der Waals surface area contributed by atoms with Crippen molar-refractivity contribution in [1.29, 1.82) is 0 Å². The van der Waals surface area contributed by atoms with Crippen molar-refractivity contribution in [3.05, 3.63) is 54.0 Å². The normalized spacial score (nSPS) is 18.0. The standard InChI is InChI=1S/C15H14F2N2O2/c16-10-5-6-12(11(17)9-10)18-15(20)19-7-1-3-13(19)14-4-2-8-21-14/h2,4-6,8-9,13H,1,3,7H2,(H,18,20). The summed E-state index contributed by atoms with van der Waals surface area (Å²) in [5.41, 5.74) is -0.0357. The molecule has 0 bridgehead atoms. The summed E-state index contributed by atoms with van der Waals surface area (Å²) in [5, 5.41) is 2.47. The molecule has 1 saturated heterocycles. The molecule has 1 aliphatic heterocycles. The summed E-state index contributed by atoms with van der Waals surface area (Å²) in [6.45, 7) is 0.569. The maximum atomic E-state index is 13.6. The Balaban J connectivity index is 1.75. The van der Waals surface area contributed by atoms with Crippen LogP contribution in [0.4, 0.5) is 19.3 Å². The van der Waals surface area contributed by atoms with Gasteiger partial charge in [0.25, 0.3) is 0 Å². The van der Waals surface area contributed by atoms with Gasteiger partial charge in [0.2, 0.25) is 0 Å². The second kappa shape index (κ2) is 5.55. The van der Waals surface area contributed by atoms with E-state index in [0.717, 1.165) is 25.0 Å². The van der Waals surface area contributed by atoms with E-state index in [0.29, 0.717) is 12.3 Å². The Hall–Kier alpha value is -2.37. The predicted octanol–water partition coefficient (Wildman–Crippen LogP) is 3.93. The van der Waals surface area contributed by atoms with Crippen molar-refractivity contribution in [2.24, 2.45) is 0 Å². The molecule has 1 aliphatic rings. The van der Waals surface area contributed by atoms with Crippen molar-refractivity contribution >= 4 is 11.7 Å². The van der Waals surface area contributed by atoms with Gasteiger partial charge < -0.3 is 14.6 Å². The van der Waals surface area contributed by atoms with Crippen molar-refractivity contribution in [2.45, 2.75) is 18.9 Å². The van der Waals surface area contributed by atoms with Gasteiger partial charge in [0.05, 0.1) is 18.0 Å². The maximum Gasteiger partial charge on any atom is 0.322 e. The molecule has 110 valence electrons. The van der Waals surface area contributed by atoms with Gasteiger partial charge in [0.1, 0.15) is 17.4 Å². The number of hydrogen-bond donors (Lipinski definition) is 1. The van der Waals surface area contributed by atoms with Gasteiger partial charge >= 0.3 is 6.03 Å². The first kappa shape index (κ1) is 13.6. The summed E-state index contributed by atoms with van der Waals surface area (Å²) in [4.78, 5) is 13.9. The van der Waals surface area contributed by atoms with Crippen LogP contribution >= 0.6 is 0 Å². The van der Waals surface area contributed by atoms with E-state index in [4.69, 9.17) is 4.42 Å². The van der Waals surface area contributed by atoms with E-state index in [-0.39, 0.29) is 11.7 Å². The fourth-order valence-corrected chi connectivity index (χ4v) is 2.56. The Bertz CT molecular complexity index is 643. The number of halogens is 2. The third-order valence-corrected chi connectivity index (χ3v) is 3.56. The molecule has 1 aromatic heterocycles. The van der Waals surface area contributed by atoms with E-state index >= 15 is 0 Å². The number of amides is 2. The summed E-state index contributed by atoms with van der Waals surface area (Å²) in [6, 6.07) is 6.07. The van der Waals surface area contributed by atoms with Crippen LogP contribution in [0.1, 0.15) is 24.6 Å². The highest BCUT2D eigenvalue weighted by molar-refractivity contribution is 5.89. The van der Waals surface area contributed by atoms with Gasteiger partial charge in [-0.3, -0.25) is 0 Å². The number of likely N-dealkylation sites (tertiary alicyclic amines) is 1. The van der Waals surface area contributed by atoms with Gasteiger partial charge in [-0.1, -0.05) is 0 Å². The third-order valence-electron chi connectivity index (χ3n) is 3.56. The number of anilines is 1. The van der Waals surface area contributed by atoms with Crippen LogP contribution in [0.5, 0.6) is 0 Å². The van der Waals surface area contributed by atoms with Crippen molar-refractivity contribution < 1.29 is 18.0 Å². The van der Waals surface area contributed by atoms with Crippen LogP contribution in [0.3, 0.4) is 0 Å². The molecule has 2 amide bonds. The highest BCUT2D eigenvalue weighted by Gasteiger charge is 2.32. The fourth-order valence-electron chi connectivity index (χ4n) is 2.56. The van der Waals surface area contributed by atoms with Crippen LogP contribution in [0.25, 0.3) is 0 Å². The molecule has 2 heterocycles. The number of carbonyl (C=O) groups excluding carboxylic acids is 1. The van der Waals surface area contributed by atoms with Crippen LogP contribution in [-0.2, 0) is 0 Å². The summed E-state index contributed by atoms with van der Waals surface area (Å²) in [5.74, 6) is -0.764. The van der Waals surface area contributed by atoms with E-state index in [1.54, 1.807) is 17.2 Å². The Labute approximate surface area is 120 Å². The van der Waals surface area contributed by atoms with Crippen molar-refractivity contribution in [1.82, 2.24) is 4.90 Å². The molecule has 1 N–H and O–H groups in total. The lowest BCUT2D eigenvalue weighted by Gasteiger charge is -2.23. The monoisotopic (exact) mass is 292 g/mol. The van der Waals surface area contributed by atoms with Crippen LogP contribution in [0.15, 0.2) is 41.0 Å². The largest absolute Gasteiger partial charge is 0.467 e. The number of furan rings is 1.